The van der Waals surface area contributed by atoms with E-state index in [4.69, 9.17) is 28.9 Å². The zero-order valence-electron chi connectivity index (χ0n) is 9.37. The van der Waals surface area contributed by atoms with Gasteiger partial charge in [0.05, 0.1) is 10.0 Å². The number of benzene rings is 1. The summed E-state index contributed by atoms with van der Waals surface area (Å²) in [7, 11) is 0. The molecule has 0 bridgehead atoms. The zero-order valence-corrected chi connectivity index (χ0v) is 11.7. The lowest BCUT2D eigenvalue weighted by atomic mass is 10.2. The number of nitrogens with two attached hydrogens (primary N) is 1. The third-order valence-corrected chi connectivity index (χ3v) is 3.45. The van der Waals surface area contributed by atoms with Crippen LogP contribution in [-0.2, 0) is 4.79 Å². The molecule has 0 aliphatic heterocycles. The molecule has 0 saturated heterocycles. The molecule has 0 radical (unpaired) electrons. The van der Waals surface area contributed by atoms with E-state index in [9.17, 15) is 4.79 Å². The first kappa shape index (κ1) is 14.4. The Morgan fingerprint density at radius 2 is 2.00 bits per heavy atom. The Morgan fingerprint density at radius 3 is 2.53 bits per heavy atom. The van der Waals surface area contributed by atoms with Gasteiger partial charge in [-0.2, -0.15) is 0 Å². The maximum atomic E-state index is 10.7. The largest absolute Gasteiger partial charge is 0.399 e. The zero-order chi connectivity index (χ0) is 12.8. The van der Waals surface area contributed by atoms with Crippen LogP contribution in [0.5, 0.6) is 0 Å². The number of rotatable bonds is 4. The minimum atomic E-state index is 0.127. The van der Waals surface area contributed by atoms with Crippen molar-refractivity contribution in [1.29, 1.82) is 0 Å². The summed E-state index contributed by atoms with van der Waals surface area (Å²) in [6.45, 7) is 1.56. The van der Waals surface area contributed by atoms with Crippen molar-refractivity contribution in [1.82, 2.24) is 0 Å². The van der Waals surface area contributed by atoms with Crippen LogP contribution in [0, 0.1) is 0 Å². The van der Waals surface area contributed by atoms with Crippen LogP contribution in [-0.4, -0.2) is 10.9 Å². The molecule has 0 fully saturated rings. The highest BCUT2D eigenvalue weighted by Gasteiger charge is 2.03. The summed E-state index contributed by atoms with van der Waals surface area (Å²) < 4.78 is 0. The summed E-state index contributed by atoms with van der Waals surface area (Å²) in [6, 6.07) is 3.33. The molecule has 0 spiro atoms. The van der Waals surface area contributed by atoms with Gasteiger partial charge < -0.3 is 5.73 Å². The molecular weight excluding hydrogens is 277 g/mol. The SMILES string of the molecule is CC(=O)SCCC=Cc1c(Cl)cc(N)cc1Cl. The summed E-state index contributed by atoms with van der Waals surface area (Å²) in [5.41, 5.74) is 6.91. The molecule has 0 saturated carbocycles. The Morgan fingerprint density at radius 1 is 1.41 bits per heavy atom. The molecule has 17 heavy (non-hydrogen) atoms. The lowest BCUT2D eigenvalue weighted by Gasteiger charge is -2.03. The van der Waals surface area contributed by atoms with Crippen molar-refractivity contribution in [3.8, 4) is 0 Å². The summed E-state index contributed by atoms with van der Waals surface area (Å²) in [4.78, 5) is 10.7. The molecule has 1 aromatic carbocycles. The molecule has 1 rings (SSSR count). The van der Waals surface area contributed by atoms with Gasteiger partial charge in [-0.3, -0.25) is 4.79 Å². The average molecular weight is 290 g/mol. The molecule has 0 aliphatic carbocycles. The highest BCUT2D eigenvalue weighted by molar-refractivity contribution is 8.13. The van der Waals surface area contributed by atoms with Gasteiger partial charge in [0.2, 0.25) is 0 Å². The second-order valence-corrected chi connectivity index (χ2v) is 5.52. The van der Waals surface area contributed by atoms with Gasteiger partial charge in [0, 0.05) is 23.9 Å². The van der Waals surface area contributed by atoms with Crippen LogP contribution < -0.4 is 5.73 Å². The number of carbonyl (C=O) groups excluding carboxylic acids is 1. The number of halogens is 2. The van der Waals surface area contributed by atoms with Crippen molar-refractivity contribution in [2.24, 2.45) is 0 Å². The van der Waals surface area contributed by atoms with Crippen LogP contribution in [0.2, 0.25) is 10.0 Å². The van der Waals surface area contributed by atoms with Gasteiger partial charge in [-0.05, 0) is 18.6 Å². The Bertz CT molecular complexity index is 423. The van der Waals surface area contributed by atoms with Crippen LogP contribution in [0.1, 0.15) is 18.9 Å². The lowest BCUT2D eigenvalue weighted by molar-refractivity contribution is -0.109. The van der Waals surface area contributed by atoms with Crippen LogP contribution in [0.4, 0.5) is 5.69 Å². The van der Waals surface area contributed by atoms with Crippen molar-refractivity contribution in [3.05, 3.63) is 33.8 Å². The molecule has 0 amide bonds. The third kappa shape index (κ3) is 5.02. The second-order valence-electron chi connectivity index (χ2n) is 3.43. The first-order valence-electron chi connectivity index (χ1n) is 5.05. The van der Waals surface area contributed by atoms with Crippen molar-refractivity contribution in [2.75, 3.05) is 11.5 Å². The molecule has 1 aromatic rings. The van der Waals surface area contributed by atoms with Gasteiger partial charge in [0.15, 0.2) is 5.12 Å². The van der Waals surface area contributed by atoms with Crippen molar-refractivity contribution < 1.29 is 4.79 Å². The predicted octanol–water partition coefficient (Wildman–Crippen LogP) is 4.26. The molecule has 0 aliphatic rings. The van der Waals surface area contributed by atoms with Gasteiger partial charge in [0.1, 0.15) is 0 Å². The number of carbonyl (C=O) groups is 1. The minimum Gasteiger partial charge on any atom is -0.399 e. The molecular formula is C12H13Cl2NOS. The third-order valence-electron chi connectivity index (χ3n) is 1.98. The van der Waals surface area contributed by atoms with Gasteiger partial charge in [-0.25, -0.2) is 0 Å². The summed E-state index contributed by atoms with van der Waals surface area (Å²) >= 11 is 13.3. The number of thioether (sulfide) groups is 1. The van der Waals surface area contributed by atoms with Gasteiger partial charge in [-0.15, -0.1) is 0 Å². The lowest BCUT2D eigenvalue weighted by Crippen LogP contribution is -1.87. The maximum Gasteiger partial charge on any atom is 0.185 e. The second kappa shape index (κ2) is 6.94. The average Bonchev–Trinajstić information content (AvgIpc) is 2.20. The number of anilines is 1. The van der Waals surface area contributed by atoms with Gasteiger partial charge in [-0.1, -0.05) is 47.1 Å². The highest BCUT2D eigenvalue weighted by Crippen LogP contribution is 2.29. The molecule has 92 valence electrons. The fourth-order valence-corrected chi connectivity index (χ4v) is 2.41. The van der Waals surface area contributed by atoms with E-state index < -0.39 is 0 Å². The number of nitrogen functional groups attached to an aromatic ring is 1. The van der Waals surface area contributed by atoms with Crippen molar-refractivity contribution in [2.45, 2.75) is 13.3 Å². The molecule has 2 nitrogen and oxygen atoms in total. The monoisotopic (exact) mass is 289 g/mol. The van der Waals surface area contributed by atoms with E-state index in [1.165, 1.54) is 11.8 Å². The minimum absolute atomic E-state index is 0.127. The van der Waals surface area contributed by atoms with E-state index in [-0.39, 0.29) is 5.12 Å². The number of allylic oxidation sites excluding steroid dienone is 1. The topological polar surface area (TPSA) is 43.1 Å². The number of hydrogen-bond acceptors (Lipinski definition) is 3. The van der Waals surface area contributed by atoms with E-state index >= 15 is 0 Å². The summed E-state index contributed by atoms with van der Waals surface area (Å²) in [5.74, 6) is 0.760. The first-order chi connectivity index (χ1) is 8.00. The van der Waals surface area contributed by atoms with Crippen LogP contribution in [0.25, 0.3) is 6.08 Å². The normalized spacial score (nSPS) is 11.0. The summed E-state index contributed by atoms with van der Waals surface area (Å²) in [6.07, 6.45) is 4.59. The van der Waals surface area contributed by atoms with E-state index in [1.807, 2.05) is 12.2 Å². The van der Waals surface area contributed by atoms with E-state index in [0.717, 1.165) is 17.7 Å². The van der Waals surface area contributed by atoms with Crippen molar-refractivity contribution >= 4 is 51.8 Å². The molecule has 0 aromatic heterocycles. The Kier molecular flexibility index (Phi) is 5.89. The fourth-order valence-electron chi connectivity index (χ4n) is 1.24. The Labute approximate surface area is 115 Å². The molecule has 0 unspecified atom stereocenters. The Hall–Kier alpha value is -0.640. The fraction of sp³-hybridized carbons (Fsp3) is 0.250. The Balaban J connectivity index is 2.62. The van der Waals surface area contributed by atoms with Gasteiger partial charge >= 0.3 is 0 Å². The predicted molar refractivity (Wildman–Crippen MR) is 77.7 cm³/mol. The van der Waals surface area contributed by atoms with Crippen molar-refractivity contribution in [3.63, 3.8) is 0 Å². The van der Waals surface area contributed by atoms with Crippen LogP contribution in [0.3, 0.4) is 0 Å². The molecule has 2 N–H and O–H groups in total. The molecule has 0 heterocycles. The molecule has 5 heteroatoms. The van der Waals surface area contributed by atoms with Crippen LogP contribution in [0.15, 0.2) is 18.2 Å². The van der Waals surface area contributed by atoms with E-state index in [1.54, 1.807) is 19.1 Å². The maximum absolute atomic E-state index is 10.7. The van der Waals surface area contributed by atoms with E-state index in [2.05, 4.69) is 0 Å². The summed E-state index contributed by atoms with van der Waals surface area (Å²) in [5, 5.41) is 1.19. The van der Waals surface area contributed by atoms with Gasteiger partial charge in [0.25, 0.3) is 0 Å². The molecule has 0 atom stereocenters. The van der Waals surface area contributed by atoms with Crippen LogP contribution >= 0.6 is 35.0 Å². The van der Waals surface area contributed by atoms with E-state index in [0.29, 0.717) is 15.7 Å². The highest BCUT2D eigenvalue weighted by atomic mass is 35.5. The first-order valence-corrected chi connectivity index (χ1v) is 6.79. The standard InChI is InChI=1S/C12H13Cl2NOS/c1-8(16)17-5-3-2-4-10-11(13)6-9(15)7-12(10)14/h2,4,6-7H,3,5,15H2,1H3. The quantitative estimate of drug-likeness (QED) is 0.665. The smallest absolute Gasteiger partial charge is 0.185 e. The number of hydrogen-bond donors (Lipinski definition) is 1.